The molecule has 1 heterocycles. The second kappa shape index (κ2) is 7.69. The normalized spacial score (nSPS) is 13.8. The molecule has 6 nitrogen and oxygen atoms in total. The van der Waals surface area contributed by atoms with Crippen LogP contribution >= 0.6 is 0 Å². The van der Waals surface area contributed by atoms with Gasteiger partial charge < -0.3 is 20.8 Å². The van der Waals surface area contributed by atoms with Gasteiger partial charge in [0.25, 0.3) is 5.91 Å². The number of rotatable bonds is 7. The van der Waals surface area contributed by atoms with Crippen LogP contribution < -0.4 is 16.4 Å². The molecule has 20 heavy (non-hydrogen) atoms. The predicted octanol–water partition coefficient (Wildman–Crippen LogP) is 0.888. The first-order chi connectivity index (χ1) is 9.43. The van der Waals surface area contributed by atoms with Crippen molar-refractivity contribution in [1.82, 2.24) is 10.6 Å². The van der Waals surface area contributed by atoms with Crippen LogP contribution in [0.4, 0.5) is 0 Å². The Bertz CT molecular complexity index is 429. The number of carbonyl (C=O) groups excluding carboxylic acids is 2. The summed E-state index contributed by atoms with van der Waals surface area (Å²) in [6.07, 6.45) is 3.55. The molecule has 0 bridgehead atoms. The smallest absolute Gasteiger partial charge is 0.255 e. The van der Waals surface area contributed by atoms with Crippen LogP contribution in [0.3, 0.4) is 0 Å². The average molecular weight is 281 g/mol. The molecule has 2 amide bonds. The maximum Gasteiger partial charge on any atom is 0.255 e. The Labute approximate surface area is 119 Å². The average Bonchev–Trinajstić information content (AvgIpc) is 2.90. The molecule has 0 aromatic carbocycles. The topological polar surface area (TPSA) is 97.4 Å². The number of nitrogens with one attached hydrogen (secondary N) is 2. The molecule has 1 aromatic rings. The number of hydrogen-bond acceptors (Lipinski definition) is 4. The summed E-state index contributed by atoms with van der Waals surface area (Å²) < 4.78 is 4.83. The van der Waals surface area contributed by atoms with Crippen molar-refractivity contribution in [2.75, 3.05) is 6.54 Å². The van der Waals surface area contributed by atoms with E-state index in [-0.39, 0.29) is 17.9 Å². The molecule has 112 valence electrons. The van der Waals surface area contributed by atoms with E-state index in [9.17, 15) is 9.59 Å². The van der Waals surface area contributed by atoms with E-state index in [0.29, 0.717) is 18.0 Å². The third-order valence-corrected chi connectivity index (χ3v) is 2.91. The zero-order chi connectivity index (χ0) is 15.1. The maximum absolute atomic E-state index is 12.0. The predicted molar refractivity (Wildman–Crippen MR) is 76.1 cm³/mol. The van der Waals surface area contributed by atoms with E-state index in [1.165, 1.54) is 12.5 Å². The van der Waals surface area contributed by atoms with Crippen molar-refractivity contribution in [3.8, 4) is 0 Å². The van der Waals surface area contributed by atoms with Gasteiger partial charge in [-0.05, 0) is 25.3 Å². The fourth-order valence-corrected chi connectivity index (χ4v) is 1.85. The molecule has 6 heteroatoms. The zero-order valence-electron chi connectivity index (χ0n) is 12.2. The lowest BCUT2D eigenvalue weighted by Crippen LogP contribution is -2.50. The van der Waals surface area contributed by atoms with Crippen LogP contribution in [0.25, 0.3) is 0 Å². The van der Waals surface area contributed by atoms with Crippen molar-refractivity contribution in [2.24, 2.45) is 11.7 Å². The molecule has 4 N–H and O–H groups in total. The summed E-state index contributed by atoms with van der Waals surface area (Å²) in [4.78, 5) is 23.8. The lowest BCUT2D eigenvalue weighted by atomic mass is 10.0. The molecule has 1 rings (SSSR count). The minimum Gasteiger partial charge on any atom is -0.472 e. The lowest BCUT2D eigenvalue weighted by molar-refractivity contribution is -0.123. The van der Waals surface area contributed by atoms with Crippen LogP contribution in [0.1, 0.15) is 37.6 Å². The minimum atomic E-state index is -0.626. The number of amides is 2. The van der Waals surface area contributed by atoms with Crippen molar-refractivity contribution in [3.05, 3.63) is 24.2 Å². The van der Waals surface area contributed by atoms with Gasteiger partial charge in [0.15, 0.2) is 0 Å². The highest BCUT2D eigenvalue weighted by Crippen LogP contribution is 2.04. The number of carbonyl (C=O) groups is 2. The van der Waals surface area contributed by atoms with Gasteiger partial charge in [-0.2, -0.15) is 0 Å². The molecule has 1 aromatic heterocycles. The molecule has 0 spiro atoms. The van der Waals surface area contributed by atoms with Crippen molar-refractivity contribution >= 4 is 11.8 Å². The Morgan fingerprint density at radius 3 is 2.50 bits per heavy atom. The van der Waals surface area contributed by atoms with Gasteiger partial charge >= 0.3 is 0 Å². The molecule has 0 fully saturated rings. The Morgan fingerprint density at radius 2 is 2.00 bits per heavy atom. The Kier molecular flexibility index (Phi) is 6.24. The molecule has 0 saturated heterocycles. The second-order valence-electron chi connectivity index (χ2n) is 5.28. The highest BCUT2D eigenvalue weighted by atomic mass is 16.3. The SMILES string of the molecule is CC(C)CC(CN)NC(=O)C(C)NC(=O)c1ccoc1. The Balaban J connectivity index is 2.48. The van der Waals surface area contributed by atoms with Gasteiger partial charge in [-0.25, -0.2) is 0 Å². The fourth-order valence-electron chi connectivity index (χ4n) is 1.85. The molecule has 0 aliphatic rings. The third kappa shape index (κ3) is 5.05. The molecule has 0 radical (unpaired) electrons. The molecule has 2 atom stereocenters. The molecule has 2 unspecified atom stereocenters. The first-order valence-electron chi connectivity index (χ1n) is 6.77. The number of hydrogen-bond donors (Lipinski definition) is 3. The van der Waals surface area contributed by atoms with Gasteiger partial charge in [0.05, 0.1) is 11.8 Å². The summed E-state index contributed by atoms with van der Waals surface area (Å²) in [6.45, 7) is 6.15. The Hall–Kier alpha value is -1.82. The summed E-state index contributed by atoms with van der Waals surface area (Å²) in [6, 6.07) is 0.843. The minimum absolute atomic E-state index is 0.0734. The summed E-state index contributed by atoms with van der Waals surface area (Å²) >= 11 is 0. The highest BCUT2D eigenvalue weighted by molar-refractivity contribution is 5.97. The van der Waals surface area contributed by atoms with Crippen LogP contribution in [-0.2, 0) is 4.79 Å². The molecular formula is C14H23N3O3. The maximum atomic E-state index is 12.0. The quantitative estimate of drug-likeness (QED) is 0.691. The van der Waals surface area contributed by atoms with Crippen LogP contribution in [-0.4, -0.2) is 30.4 Å². The van der Waals surface area contributed by atoms with E-state index < -0.39 is 6.04 Å². The van der Waals surface area contributed by atoms with Crippen LogP contribution in [0.5, 0.6) is 0 Å². The first kappa shape index (κ1) is 16.2. The largest absolute Gasteiger partial charge is 0.472 e. The van der Waals surface area contributed by atoms with E-state index in [1.807, 2.05) is 0 Å². The van der Waals surface area contributed by atoms with Crippen molar-refractivity contribution in [1.29, 1.82) is 0 Å². The van der Waals surface area contributed by atoms with E-state index in [0.717, 1.165) is 6.42 Å². The monoisotopic (exact) mass is 281 g/mol. The van der Waals surface area contributed by atoms with E-state index in [4.69, 9.17) is 10.2 Å². The standard InChI is InChI=1S/C14H23N3O3/c1-9(2)6-12(7-15)17-13(18)10(3)16-14(19)11-4-5-20-8-11/h4-5,8-10,12H,6-7,15H2,1-3H3,(H,16,19)(H,17,18). The summed E-state index contributed by atoms with van der Waals surface area (Å²) in [5, 5.41) is 5.46. The van der Waals surface area contributed by atoms with Gasteiger partial charge in [0.2, 0.25) is 5.91 Å². The van der Waals surface area contributed by atoms with E-state index >= 15 is 0 Å². The van der Waals surface area contributed by atoms with E-state index in [1.54, 1.807) is 13.0 Å². The van der Waals surface area contributed by atoms with Crippen LogP contribution in [0.15, 0.2) is 23.0 Å². The molecule has 0 aliphatic heterocycles. The lowest BCUT2D eigenvalue weighted by Gasteiger charge is -2.21. The number of furan rings is 1. The summed E-state index contributed by atoms with van der Waals surface area (Å²) in [5.74, 6) is -0.132. The molecule has 0 aliphatic carbocycles. The van der Waals surface area contributed by atoms with Gasteiger partial charge in [-0.15, -0.1) is 0 Å². The Morgan fingerprint density at radius 1 is 1.30 bits per heavy atom. The molecular weight excluding hydrogens is 258 g/mol. The van der Waals surface area contributed by atoms with Gasteiger partial charge in [-0.1, -0.05) is 13.8 Å². The van der Waals surface area contributed by atoms with Crippen molar-refractivity contribution in [3.63, 3.8) is 0 Å². The third-order valence-electron chi connectivity index (χ3n) is 2.91. The summed E-state index contributed by atoms with van der Waals surface area (Å²) in [5.41, 5.74) is 6.02. The second-order valence-corrected chi connectivity index (χ2v) is 5.28. The highest BCUT2D eigenvalue weighted by Gasteiger charge is 2.20. The molecule has 0 saturated carbocycles. The summed E-state index contributed by atoms with van der Waals surface area (Å²) in [7, 11) is 0. The van der Waals surface area contributed by atoms with Crippen LogP contribution in [0.2, 0.25) is 0 Å². The van der Waals surface area contributed by atoms with Gasteiger partial charge in [0.1, 0.15) is 12.3 Å². The van der Waals surface area contributed by atoms with Crippen molar-refractivity contribution in [2.45, 2.75) is 39.3 Å². The number of nitrogens with two attached hydrogens (primary N) is 1. The van der Waals surface area contributed by atoms with E-state index in [2.05, 4.69) is 24.5 Å². The zero-order valence-corrected chi connectivity index (χ0v) is 12.2. The van der Waals surface area contributed by atoms with Crippen LogP contribution in [0, 0.1) is 5.92 Å². The van der Waals surface area contributed by atoms with Gasteiger partial charge in [0, 0.05) is 12.6 Å². The van der Waals surface area contributed by atoms with Crippen molar-refractivity contribution < 1.29 is 14.0 Å². The fraction of sp³-hybridized carbons (Fsp3) is 0.571. The first-order valence-corrected chi connectivity index (χ1v) is 6.77. The van der Waals surface area contributed by atoms with Gasteiger partial charge in [-0.3, -0.25) is 9.59 Å².